The van der Waals surface area contributed by atoms with Gasteiger partial charge in [-0.25, -0.2) is 9.59 Å². The first-order chi connectivity index (χ1) is 19.8. The first kappa shape index (κ1) is 36.4. The van der Waals surface area contributed by atoms with Gasteiger partial charge in [0, 0.05) is 30.6 Å². The lowest BCUT2D eigenvalue weighted by atomic mass is 9.88. The number of carbonyl (C=O) groups excluding carboxylic acids is 1. The van der Waals surface area contributed by atoms with Gasteiger partial charge in [-0.1, -0.05) is 42.5 Å². The lowest BCUT2D eigenvalue weighted by Crippen LogP contribution is -2.29. The van der Waals surface area contributed by atoms with Crippen molar-refractivity contribution < 1.29 is 50.9 Å². The summed E-state index contributed by atoms with van der Waals surface area (Å²) in [7, 11) is 0. The fraction of sp³-hybridized carbons (Fsp3) is 0.370. The normalized spacial score (nSPS) is 13.5. The minimum atomic E-state index is -5.08. The van der Waals surface area contributed by atoms with E-state index in [1.807, 2.05) is 53.4 Å². The summed E-state index contributed by atoms with van der Waals surface area (Å²) >= 11 is 0. The van der Waals surface area contributed by atoms with E-state index >= 15 is 0 Å². The zero-order chi connectivity index (χ0) is 33.0. The molecule has 43 heavy (non-hydrogen) atoms. The number of nitrogens with one attached hydrogen (secondary N) is 2. The lowest BCUT2D eigenvalue weighted by Gasteiger charge is -2.22. The molecule has 0 radical (unpaired) electrons. The maximum Gasteiger partial charge on any atom is 0.490 e. The molecule has 0 spiro atoms. The number of rotatable bonds is 8. The van der Waals surface area contributed by atoms with E-state index in [0.717, 1.165) is 49.9 Å². The number of carboxylic acid groups (broad SMARTS) is 2. The van der Waals surface area contributed by atoms with Gasteiger partial charge in [0.25, 0.3) is 0 Å². The molecule has 1 atom stereocenters. The van der Waals surface area contributed by atoms with Crippen molar-refractivity contribution in [3.05, 3.63) is 70.8 Å². The van der Waals surface area contributed by atoms with Crippen LogP contribution in [0.5, 0.6) is 0 Å². The standard InChI is InChI=1S/C23H29N5O.2C2HF3O2/c24-22(25)17-9-6-16(7-10-17)8-11-19(15-21(29)28-12-1-2-13-28)18-4-3-5-20(14-18)23(26)27;2*3-2(4,5)1(6)7/h3-7,9-10,14,19H,1-2,8,11-13,15H2,(H3,24,25)(H3,26,27);2*(H,6,7). The lowest BCUT2D eigenvalue weighted by molar-refractivity contribution is -0.193. The Bertz CT molecular complexity index is 1250. The zero-order valence-corrected chi connectivity index (χ0v) is 22.6. The number of nitrogens with two attached hydrogens (primary N) is 2. The molecular formula is C27H31F6N5O5. The monoisotopic (exact) mass is 619 g/mol. The Morgan fingerprint density at radius 1 is 0.814 bits per heavy atom. The van der Waals surface area contributed by atoms with Crippen LogP contribution in [0.15, 0.2) is 48.5 Å². The van der Waals surface area contributed by atoms with Crippen molar-refractivity contribution in [1.82, 2.24) is 4.90 Å². The molecule has 2 aromatic rings. The summed E-state index contributed by atoms with van der Waals surface area (Å²) in [6.45, 7) is 1.71. The number of carboxylic acids is 2. The van der Waals surface area contributed by atoms with Crippen LogP contribution in [0.4, 0.5) is 26.3 Å². The molecule has 10 nitrogen and oxygen atoms in total. The van der Waals surface area contributed by atoms with Crippen LogP contribution in [0.25, 0.3) is 0 Å². The van der Waals surface area contributed by atoms with Crippen LogP contribution in [-0.4, -0.2) is 70.1 Å². The van der Waals surface area contributed by atoms with Crippen molar-refractivity contribution >= 4 is 29.5 Å². The summed E-state index contributed by atoms with van der Waals surface area (Å²) in [4.78, 5) is 32.6. The van der Waals surface area contributed by atoms with Crippen molar-refractivity contribution in [2.45, 2.75) is 50.4 Å². The third-order valence-electron chi connectivity index (χ3n) is 6.08. The largest absolute Gasteiger partial charge is 0.490 e. The first-order valence-corrected chi connectivity index (χ1v) is 12.6. The van der Waals surface area contributed by atoms with E-state index in [4.69, 9.17) is 42.1 Å². The number of halogens is 6. The van der Waals surface area contributed by atoms with Gasteiger partial charge in [-0.15, -0.1) is 0 Å². The molecule has 236 valence electrons. The van der Waals surface area contributed by atoms with Crippen LogP contribution >= 0.6 is 0 Å². The average Bonchev–Trinajstić information content (AvgIpc) is 3.46. The summed E-state index contributed by atoms with van der Waals surface area (Å²) in [6.07, 6.45) is -5.90. The van der Waals surface area contributed by atoms with E-state index in [0.29, 0.717) is 17.5 Å². The van der Waals surface area contributed by atoms with E-state index in [1.165, 1.54) is 0 Å². The highest BCUT2D eigenvalue weighted by Crippen LogP contribution is 2.28. The van der Waals surface area contributed by atoms with E-state index < -0.39 is 24.3 Å². The van der Waals surface area contributed by atoms with Gasteiger partial charge < -0.3 is 26.6 Å². The van der Waals surface area contributed by atoms with E-state index in [2.05, 4.69) is 0 Å². The molecule has 8 N–H and O–H groups in total. The molecule has 1 amide bonds. The minimum absolute atomic E-state index is 0.0382. The smallest absolute Gasteiger partial charge is 0.475 e. The Labute approximate surface area is 242 Å². The summed E-state index contributed by atoms with van der Waals surface area (Å²) in [6, 6.07) is 15.4. The number of likely N-dealkylation sites (tertiary alicyclic amines) is 1. The van der Waals surface area contributed by atoms with Crippen molar-refractivity contribution in [3.63, 3.8) is 0 Å². The van der Waals surface area contributed by atoms with Crippen LogP contribution < -0.4 is 11.5 Å². The molecule has 0 bridgehead atoms. The molecule has 3 rings (SSSR count). The molecule has 1 aliphatic rings. The van der Waals surface area contributed by atoms with Crippen LogP contribution in [0.2, 0.25) is 0 Å². The Hall–Kier alpha value is -4.63. The van der Waals surface area contributed by atoms with Crippen LogP contribution in [0, 0.1) is 10.8 Å². The highest BCUT2D eigenvalue weighted by atomic mass is 19.4. The summed E-state index contributed by atoms with van der Waals surface area (Å²) in [5.74, 6) is -5.15. The third-order valence-corrected chi connectivity index (χ3v) is 6.08. The quantitative estimate of drug-likeness (QED) is 0.144. The van der Waals surface area contributed by atoms with E-state index in [9.17, 15) is 31.1 Å². The number of amides is 1. The number of alkyl halides is 6. The maximum atomic E-state index is 12.8. The third kappa shape index (κ3) is 13.3. The minimum Gasteiger partial charge on any atom is -0.475 e. The fourth-order valence-corrected chi connectivity index (χ4v) is 3.85. The first-order valence-electron chi connectivity index (χ1n) is 12.6. The molecule has 1 fully saturated rings. The fourth-order valence-electron chi connectivity index (χ4n) is 3.85. The van der Waals surface area contributed by atoms with Gasteiger partial charge in [-0.05, 0) is 48.8 Å². The number of aliphatic carboxylic acids is 2. The second kappa shape index (κ2) is 16.1. The van der Waals surface area contributed by atoms with Gasteiger partial charge >= 0.3 is 24.3 Å². The highest BCUT2D eigenvalue weighted by Gasteiger charge is 2.38. The molecule has 0 aliphatic carbocycles. The van der Waals surface area contributed by atoms with E-state index in [-0.39, 0.29) is 23.5 Å². The topological polar surface area (TPSA) is 195 Å². The van der Waals surface area contributed by atoms with Gasteiger partial charge in [-0.3, -0.25) is 15.6 Å². The predicted molar refractivity (Wildman–Crippen MR) is 144 cm³/mol. The van der Waals surface area contributed by atoms with Gasteiger partial charge in [0.05, 0.1) is 0 Å². The van der Waals surface area contributed by atoms with Gasteiger partial charge in [0.2, 0.25) is 5.91 Å². The number of hydrogen-bond donors (Lipinski definition) is 6. The van der Waals surface area contributed by atoms with Crippen LogP contribution in [-0.2, 0) is 20.8 Å². The SMILES string of the molecule is N=C(N)c1ccc(CCC(CC(=O)N2CCCC2)c2cccc(C(=N)N)c2)cc1.O=C(O)C(F)(F)F.O=C(O)C(F)(F)F. The molecule has 1 heterocycles. The molecule has 0 aromatic heterocycles. The van der Waals surface area contributed by atoms with Crippen molar-refractivity contribution in [1.29, 1.82) is 10.8 Å². The molecule has 0 saturated carbocycles. The number of amidine groups is 2. The van der Waals surface area contributed by atoms with Crippen molar-refractivity contribution in [2.24, 2.45) is 11.5 Å². The number of carbonyl (C=O) groups is 3. The average molecular weight is 620 g/mol. The Kier molecular flexibility index (Phi) is 13.6. The predicted octanol–water partition coefficient (Wildman–Crippen LogP) is 4.25. The summed E-state index contributed by atoms with van der Waals surface area (Å²) < 4.78 is 63.5. The van der Waals surface area contributed by atoms with Gasteiger partial charge in [-0.2, -0.15) is 26.3 Å². The maximum absolute atomic E-state index is 12.8. The number of benzene rings is 2. The summed E-state index contributed by atoms with van der Waals surface area (Å²) in [5.41, 5.74) is 14.8. The number of nitrogens with zero attached hydrogens (tertiary/aromatic N) is 1. The van der Waals surface area contributed by atoms with Crippen LogP contribution in [0.3, 0.4) is 0 Å². The molecule has 2 aromatic carbocycles. The van der Waals surface area contributed by atoms with Gasteiger partial charge in [0.15, 0.2) is 0 Å². The Morgan fingerprint density at radius 3 is 1.70 bits per heavy atom. The molecule has 1 aliphatic heterocycles. The van der Waals surface area contributed by atoms with Gasteiger partial charge in [0.1, 0.15) is 11.7 Å². The highest BCUT2D eigenvalue weighted by molar-refractivity contribution is 5.95. The second-order valence-electron chi connectivity index (χ2n) is 9.28. The van der Waals surface area contributed by atoms with Crippen LogP contribution in [0.1, 0.15) is 53.9 Å². The molecule has 16 heteroatoms. The zero-order valence-electron chi connectivity index (χ0n) is 22.6. The molecular weight excluding hydrogens is 588 g/mol. The van der Waals surface area contributed by atoms with Crippen molar-refractivity contribution in [2.75, 3.05) is 13.1 Å². The Morgan fingerprint density at radius 2 is 1.28 bits per heavy atom. The number of hydrogen-bond acceptors (Lipinski definition) is 5. The molecule has 1 unspecified atom stereocenters. The number of aryl methyl sites for hydroxylation is 1. The number of nitrogen functional groups attached to an aromatic ring is 2. The van der Waals surface area contributed by atoms with E-state index in [1.54, 1.807) is 0 Å². The molecule has 1 saturated heterocycles. The van der Waals surface area contributed by atoms with Crippen molar-refractivity contribution in [3.8, 4) is 0 Å². The second-order valence-corrected chi connectivity index (χ2v) is 9.28. The summed E-state index contributed by atoms with van der Waals surface area (Å²) in [5, 5.41) is 29.5. The Balaban J connectivity index is 0.000000548.